The average Bonchev–Trinajstić information content (AvgIpc) is 2.60. The average molecular weight is 369 g/mol. The van der Waals surface area contributed by atoms with Crippen LogP contribution in [-0.2, 0) is 4.79 Å². The number of hydrogen-bond acceptors (Lipinski definition) is 3. The van der Waals surface area contributed by atoms with Crippen molar-refractivity contribution in [1.82, 2.24) is 0 Å². The molecule has 1 N–H and O–H groups in total. The summed E-state index contributed by atoms with van der Waals surface area (Å²) in [5.41, 5.74) is 3.12. The van der Waals surface area contributed by atoms with Gasteiger partial charge >= 0.3 is 5.97 Å². The topological polar surface area (TPSA) is 49.7 Å². The first kappa shape index (κ1) is 18.4. The molecule has 0 atom stereocenters. The molecule has 5 heteroatoms. The van der Waals surface area contributed by atoms with Crippen LogP contribution in [0.2, 0.25) is 0 Å². The molecule has 1 aliphatic rings. The highest BCUT2D eigenvalue weighted by Gasteiger charge is 2.46. The maximum absolute atomic E-state index is 13.6. The van der Waals surface area contributed by atoms with E-state index in [1.165, 1.54) is 23.9 Å². The lowest BCUT2D eigenvalue weighted by atomic mass is 9.84. The molecule has 1 aliphatic carbocycles. The zero-order chi connectivity index (χ0) is 18.7. The summed E-state index contributed by atoms with van der Waals surface area (Å²) in [5, 5.41) is 9.64. The number of aliphatic imine (C=N–C) groups is 1. The van der Waals surface area contributed by atoms with Crippen LogP contribution in [0.5, 0.6) is 0 Å². The van der Waals surface area contributed by atoms with E-state index in [-0.39, 0.29) is 5.82 Å². The number of carboxylic acid groups (broad SMARTS) is 1. The third-order valence-electron chi connectivity index (χ3n) is 4.71. The summed E-state index contributed by atoms with van der Waals surface area (Å²) < 4.78 is 12.8. The molecule has 134 valence electrons. The predicted molar refractivity (Wildman–Crippen MR) is 107 cm³/mol. The zero-order valence-electron chi connectivity index (χ0n) is 14.5. The molecule has 0 aliphatic heterocycles. The molecule has 0 heterocycles. The Labute approximate surface area is 156 Å². The van der Waals surface area contributed by atoms with Crippen LogP contribution in [0, 0.1) is 5.82 Å². The molecular weight excluding hydrogens is 349 g/mol. The summed E-state index contributed by atoms with van der Waals surface area (Å²) in [6.07, 6.45) is 4.15. The van der Waals surface area contributed by atoms with Crippen molar-refractivity contribution >= 4 is 35.0 Å². The summed E-state index contributed by atoms with van der Waals surface area (Å²) >= 11 is 1.38. The van der Waals surface area contributed by atoms with Gasteiger partial charge in [0.05, 0.1) is 5.69 Å². The van der Waals surface area contributed by atoms with E-state index >= 15 is 0 Å². The Bertz CT molecular complexity index is 887. The highest BCUT2D eigenvalue weighted by molar-refractivity contribution is 8.10. The molecule has 2 aromatic rings. The molecule has 0 radical (unpaired) electrons. The van der Waals surface area contributed by atoms with E-state index in [0.717, 1.165) is 28.0 Å². The second-order valence-electron chi connectivity index (χ2n) is 6.31. The molecule has 26 heavy (non-hydrogen) atoms. The fourth-order valence-electron chi connectivity index (χ4n) is 3.06. The van der Waals surface area contributed by atoms with E-state index in [1.54, 1.807) is 6.07 Å². The van der Waals surface area contributed by atoms with Crippen LogP contribution in [0.1, 0.15) is 31.7 Å². The Morgan fingerprint density at radius 1 is 1.27 bits per heavy atom. The molecule has 0 spiro atoms. The Morgan fingerprint density at radius 2 is 2.00 bits per heavy atom. The fraction of sp³-hybridized carbons (Fsp3) is 0.238. The number of thioether (sulfide) groups is 1. The van der Waals surface area contributed by atoms with Crippen molar-refractivity contribution in [2.24, 2.45) is 4.99 Å². The van der Waals surface area contributed by atoms with Gasteiger partial charge in [0.15, 0.2) is 0 Å². The maximum Gasteiger partial charge on any atom is 0.320 e. The summed E-state index contributed by atoms with van der Waals surface area (Å²) in [4.78, 5) is 16.7. The van der Waals surface area contributed by atoms with Crippen LogP contribution >= 0.6 is 11.8 Å². The summed E-state index contributed by atoms with van der Waals surface area (Å²) in [6, 6.07) is 12.0. The predicted octanol–water partition coefficient (Wildman–Crippen LogP) is 5.93. The van der Waals surface area contributed by atoms with Gasteiger partial charge < -0.3 is 5.11 Å². The standard InChI is InChI=1S/C21H20FNO2S/c1-3-19(26-21(20(24)25)10-5-11-21)17-13-15(8-9-18(17)23-2)14-6-4-7-16(22)12-14/h3-4,6-9,12-13H,2,5,10-11H2,1H3,(H,24,25)/b19-3+. The molecule has 0 unspecified atom stereocenters. The lowest BCUT2D eigenvalue weighted by Gasteiger charge is -2.37. The van der Waals surface area contributed by atoms with E-state index in [2.05, 4.69) is 11.7 Å². The van der Waals surface area contributed by atoms with Crippen molar-refractivity contribution in [2.75, 3.05) is 0 Å². The third-order valence-corrected chi connectivity index (χ3v) is 6.36. The van der Waals surface area contributed by atoms with Crippen molar-refractivity contribution in [1.29, 1.82) is 0 Å². The smallest absolute Gasteiger partial charge is 0.320 e. The minimum Gasteiger partial charge on any atom is -0.480 e. The summed E-state index contributed by atoms with van der Waals surface area (Å²) in [6.45, 7) is 5.51. The van der Waals surface area contributed by atoms with Crippen LogP contribution in [0.15, 0.2) is 53.5 Å². The zero-order valence-corrected chi connectivity index (χ0v) is 15.4. The number of carboxylic acids is 1. The van der Waals surface area contributed by atoms with Gasteiger partial charge in [-0.3, -0.25) is 9.79 Å². The molecule has 0 aromatic heterocycles. The monoisotopic (exact) mass is 369 g/mol. The minimum atomic E-state index is -0.775. The molecule has 1 saturated carbocycles. The van der Waals surface area contributed by atoms with Crippen molar-refractivity contribution in [3.8, 4) is 11.1 Å². The summed E-state index contributed by atoms with van der Waals surface area (Å²) in [7, 11) is 0. The van der Waals surface area contributed by atoms with Crippen molar-refractivity contribution < 1.29 is 14.3 Å². The normalized spacial score (nSPS) is 16.0. The first-order valence-corrected chi connectivity index (χ1v) is 9.26. The highest BCUT2D eigenvalue weighted by atomic mass is 32.2. The van der Waals surface area contributed by atoms with Crippen molar-refractivity contribution in [3.63, 3.8) is 0 Å². The molecule has 0 amide bonds. The van der Waals surface area contributed by atoms with Crippen molar-refractivity contribution in [3.05, 3.63) is 59.9 Å². The molecule has 3 rings (SSSR count). The maximum atomic E-state index is 13.6. The van der Waals surface area contributed by atoms with E-state index in [0.29, 0.717) is 18.5 Å². The van der Waals surface area contributed by atoms with Gasteiger partial charge in [-0.1, -0.05) is 24.3 Å². The van der Waals surface area contributed by atoms with Gasteiger partial charge in [0.1, 0.15) is 10.6 Å². The van der Waals surface area contributed by atoms with Gasteiger partial charge in [0.2, 0.25) is 0 Å². The molecule has 2 aromatic carbocycles. The Morgan fingerprint density at radius 3 is 2.54 bits per heavy atom. The second kappa shape index (κ2) is 7.46. The first-order valence-electron chi connectivity index (χ1n) is 8.45. The number of carbonyl (C=O) groups is 1. The number of nitrogens with zero attached hydrogens (tertiary/aromatic N) is 1. The van der Waals surface area contributed by atoms with Crippen LogP contribution in [0.3, 0.4) is 0 Å². The second-order valence-corrected chi connectivity index (χ2v) is 7.73. The molecule has 0 bridgehead atoms. The minimum absolute atomic E-state index is 0.296. The third kappa shape index (κ3) is 3.44. The van der Waals surface area contributed by atoms with Gasteiger partial charge in [-0.2, -0.15) is 0 Å². The molecule has 3 nitrogen and oxygen atoms in total. The Kier molecular flexibility index (Phi) is 5.28. The van der Waals surface area contributed by atoms with Gasteiger partial charge in [-0.25, -0.2) is 4.39 Å². The fourth-order valence-corrected chi connectivity index (χ4v) is 4.45. The number of aliphatic carboxylic acids is 1. The molecule has 0 saturated heterocycles. The Hall–Kier alpha value is -2.40. The van der Waals surface area contributed by atoms with Gasteiger partial charge in [-0.05, 0) is 68.3 Å². The van der Waals surface area contributed by atoms with Crippen LogP contribution in [0.25, 0.3) is 16.0 Å². The lowest BCUT2D eigenvalue weighted by molar-refractivity contribution is -0.142. The number of rotatable bonds is 6. The first-order chi connectivity index (χ1) is 12.5. The molecule has 1 fully saturated rings. The van der Waals surface area contributed by atoms with E-state index < -0.39 is 10.7 Å². The SMILES string of the molecule is C=Nc1ccc(-c2cccc(F)c2)cc1/C(=C\C)SC1(C(=O)O)CCC1. The van der Waals surface area contributed by atoms with Crippen molar-refractivity contribution in [2.45, 2.75) is 30.9 Å². The van der Waals surface area contributed by atoms with E-state index in [1.807, 2.05) is 37.3 Å². The summed E-state index contributed by atoms with van der Waals surface area (Å²) in [5.74, 6) is -1.07. The quantitative estimate of drug-likeness (QED) is 0.642. The van der Waals surface area contributed by atoms with Crippen LogP contribution < -0.4 is 0 Å². The number of allylic oxidation sites excluding steroid dienone is 1. The van der Waals surface area contributed by atoms with E-state index in [4.69, 9.17) is 0 Å². The lowest BCUT2D eigenvalue weighted by Crippen LogP contribution is -2.41. The number of halogens is 1. The van der Waals surface area contributed by atoms with Gasteiger partial charge in [0, 0.05) is 10.5 Å². The van der Waals surface area contributed by atoms with E-state index in [9.17, 15) is 14.3 Å². The van der Waals surface area contributed by atoms with Crippen LogP contribution in [0.4, 0.5) is 10.1 Å². The van der Waals surface area contributed by atoms with Crippen LogP contribution in [-0.4, -0.2) is 22.5 Å². The number of hydrogen-bond donors (Lipinski definition) is 1. The van der Waals surface area contributed by atoms with Gasteiger partial charge in [-0.15, -0.1) is 11.8 Å². The molecular formula is C21H20FNO2S. The largest absolute Gasteiger partial charge is 0.480 e. The highest BCUT2D eigenvalue weighted by Crippen LogP contribution is 2.51. The Balaban J connectivity index is 2.03. The number of benzene rings is 2. The van der Waals surface area contributed by atoms with Gasteiger partial charge in [0.25, 0.3) is 0 Å².